The van der Waals surface area contributed by atoms with Crippen molar-refractivity contribution in [2.75, 3.05) is 13.1 Å². The molecule has 1 aliphatic heterocycles. The van der Waals surface area contributed by atoms with Gasteiger partial charge in [0.15, 0.2) is 0 Å². The van der Waals surface area contributed by atoms with Crippen LogP contribution in [-0.2, 0) is 0 Å². The highest BCUT2D eigenvalue weighted by Gasteiger charge is 2.45. The second-order valence-corrected chi connectivity index (χ2v) is 9.17. The van der Waals surface area contributed by atoms with Crippen molar-refractivity contribution in [3.8, 4) is 0 Å². The number of nitrogens with one attached hydrogen (secondary N) is 1. The molecule has 6 atom stereocenters. The molecule has 0 spiro atoms. The number of fused-ring (bicyclic) bond motifs is 2. The van der Waals surface area contributed by atoms with E-state index >= 15 is 0 Å². The van der Waals surface area contributed by atoms with E-state index in [9.17, 15) is 0 Å². The molecule has 0 amide bonds. The fraction of sp³-hybridized carbons (Fsp3) is 1.00. The summed E-state index contributed by atoms with van der Waals surface area (Å²) >= 11 is 0. The minimum absolute atomic E-state index is 0.366. The van der Waals surface area contributed by atoms with E-state index in [1.165, 1.54) is 38.8 Å². The largest absolute Gasteiger partial charge is 0.311 e. The summed E-state index contributed by atoms with van der Waals surface area (Å²) in [7, 11) is 0. The Kier molecular flexibility index (Phi) is 4.40. The Bertz CT molecular complexity index is 359. The van der Waals surface area contributed by atoms with Crippen molar-refractivity contribution in [3.63, 3.8) is 0 Å². The van der Waals surface area contributed by atoms with E-state index in [-0.39, 0.29) is 0 Å². The van der Waals surface area contributed by atoms with Crippen molar-refractivity contribution in [2.24, 2.45) is 23.2 Å². The zero-order valence-electron chi connectivity index (χ0n) is 14.9. The molecular formula is C19H36N2. The van der Waals surface area contributed by atoms with Crippen LogP contribution in [0.5, 0.6) is 0 Å². The molecule has 2 nitrogen and oxygen atoms in total. The third kappa shape index (κ3) is 3.03. The quantitative estimate of drug-likeness (QED) is 0.848. The maximum Gasteiger partial charge on any atom is 0.0244 e. The van der Waals surface area contributed by atoms with Crippen molar-refractivity contribution in [1.82, 2.24) is 10.2 Å². The first-order valence-electron chi connectivity index (χ1n) is 9.39. The highest BCUT2D eigenvalue weighted by atomic mass is 15.3. The molecule has 21 heavy (non-hydrogen) atoms. The summed E-state index contributed by atoms with van der Waals surface area (Å²) < 4.78 is 0. The van der Waals surface area contributed by atoms with Gasteiger partial charge in [0.25, 0.3) is 0 Å². The molecule has 0 aromatic rings. The normalized spacial score (nSPS) is 42.4. The number of nitrogens with zero attached hydrogens (tertiary/aromatic N) is 1. The molecule has 1 saturated heterocycles. The van der Waals surface area contributed by atoms with Crippen LogP contribution in [0.4, 0.5) is 0 Å². The summed E-state index contributed by atoms with van der Waals surface area (Å²) in [6.07, 6.45) is 7.39. The Hall–Kier alpha value is -0.0800. The van der Waals surface area contributed by atoms with E-state index in [0.717, 1.165) is 29.8 Å². The Morgan fingerprint density at radius 1 is 1.19 bits per heavy atom. The van der Waals surface area contributed by atoms with Crippen LogP contribution in [0.15, 0.2) is 0 Å². The van der Waals surface area contributed by atoms with E-state index in [1.807, 2.05) is 0 Å². The number of rotatable bonds is 3. The van der Waals surface area contributed by atoms with Gasteiger partial charge >= 0.3 is 0 Å². The van der Waals surface area contributed by atoms with Crippen LogP contribution in [-0.4, -0.2) is 36.1 Å². The summed E-state index contributed by atoms with van der Waals surface area (Å²) in [6, 6.07) is 2.18. The Morgan fingerprint density at radius 3 is 2.48 bits per heavy atom. The van der Waals surface area contributed by atoms with Gasteiger partial charge in [0.05, 0.1) is 0 Å². The van der Waals surface area contributed by atoms with Crippen molar-refractivity contribution in [1.29, 1.82) is 0 Å². The topological polar surface area (TPSA) is 15.3 Å². The summed E-state index contributed by atoms with van der Waals surface area (Å²) in [4.78, 5) is 2.89. The van der Waals surface area contributed by atoms with Gasteiger partial charge in [-0.25, -0.2) is 0 Å². The van der Waals surface area contributed by atoms with Crippen LogP contribution in [0.1, 0.15) is 66.7 Å². The van der Waals surface area contributed by atoms with Crippen LogP contribution in [0, 0.1) is 23.2 Å². The lowest BCUT2D eigenvalue weighted by Crippen LogP contribution is -2.63. The molecule has 1 heterocycles. The number of hydrogen-bond donors (Lipinski definition) is 1. The van der Waals surface area contributed by atoms with Crippen molar-refractivity contribution in [2.45, 2.75) is 84.8 Å². The lowest BCUT2D eigenvalue weighted by molar-refractivity contribution is 0.0200. The minimum Gasteiger partial charge on any atom is -0.311 e. The number of hydrogen-bond acceptors (Lipinski definition) is 2. The van der Waals surface area contributed by atoms with E-state index in [1.54, 1.807) is 6.42 Å². The van der Waals surface area contributed by atoms with E-state index in [2.05, 4.69) is 44.8 Å². The van der Waals surface area contributed by atoms with Gasteiger partial charge in [-0.1, -0.05) is 34.1 Å². The second kappa shape index (κ2) is 5.85. The predicted octanol–water partition coefficient (Wildman–Crippen LogP) is 3.91. The monoisotopic (exact) mass is 292 g/mol. The summed E-state index contributed by atoms with van der Waals surface area (Å²) in [5.41, 5.74) is 0.366. The summed E-state index contributed by atoms with van der Waals surface area (Å²) in [5, 5.41) is 3.83. The Morgan fingerprint density at radius 2 is 1.95 bits per heavy atom. The molecule has 6 unspecified atom stereocenters. The molecule has 0 aromatic carbocycles. The molecule has 3 aliphatic rings. The van der Waals surface area contributed by atoms with Gasteiger partial charge in [-0.05, 0) is 55.8 Å². The van der Waals surface area contributed by atoms with Crippen molar-refractivity contribution in [3.05, 3.63) is 0 Å². The summed E-state index contributed by atoms with van der Waals surface area (Å²) in [5.74, 6) is 3.10. The first-order valence-corrected chi connectivity index (χ1v) is 9.39. The minimum atomic E-state index is 0.366. The SMILES string of the molecule is CCC1CNC(C(C)(C)C)CN1C(C)C1CC2CCC1C2. The Balaban J connectivity index is 1.70. The first kappa shape index (κ1) is 15.8. The molecule has 2 bridgehead atoms. The molecule has 122 valence electrons. The fourth-order valence-corrected chi connectivity index (χ4v) is 5.41. The van der Waals surface area contributed by atoms with E-state index < -0.39 is 0 Å². The average molecular weight is 293 g/mol. The molecule has 0 aromatic heterocycles. The van der Waals surface area contributed by atoms with E-state index in [4.69, 9.17) is 0 Å². The average Bonchev–Trinajstić information content (AvgIpc) is 3.07. The molecular weight excluding hydrogens is 256 g/mol. The molecule has 0 radical (unpaired) electrons. The lowest BCUT2D eigenvalue weighted by atomic mass is 9.80. The van der Waals surface area contributed by atoms with Crippen LogP contribution in [0.25, 0.3) is 0 Å². The Labute approximate surface area is 132 Å². The highest BCUT2D eigenvalue weighted by Crippen LogP contribution is 2.50. The standard InChI is InChI=1S/C19H36N2/c1-6-16-11-20-18(19(3,4)5)12-21(16)13(2)17-10-14-7-8-15(17)9-14/h13-18,20H,6-12H2,1-5H3. The third-order valence-electron chi connectivity index (χ3n) is 6.91. The van der Waals surface area contributed by atoms with Gasteiger partial charge in [0.1, 0.15) is 0 Å². The van der Waals surface area contributed by atoms with E-state index in [0.29, 0.717) is 11.5 Å². The van der Waals surface area contributed by atoms with Crippen molar-refractivity contribution < 1.29 is 0 Å². The smallest absolute Gasteiger partial charge is 0.0244 e. The molecule has 2 saturated carbocycles. The highest BCUT2D eigenvalue weighted by molar-refractivity contribution is 4.99. The van der Waals surface area contributed by atoms with Gasteiger partial charge in [0.2, 0.25) is 0 Å². The zero-order chi connectivity index (χ0) is 15.2. The molecule has 3 rings (SSSR count). The predicted molar refractivity (Wildman–Crippen MR) is 90.4 cm³/mol. The molecule has 2 heteroatoms. The van der Waals surface area contributed by atoms with Gasteiger partial charge in [-0.15, -0.1) is 0 Å². The fourth-order valence-electron chi connectivity index (χ4n) is 5.41. The number of piperazine rings is 1. The molecule has 1 N–H and O–H groups in total. The molecule has 2 aliphatic carbocycles. The van der Waals surface area contributed by atoms with Crippen LogP contribution < -0.4 is 5.32 Å². The van der Waals surface area contributed by atoms with Crippen LogP contribution in [0.3, 0.4) is 0 Å². The van der Waals surface area contributed by atoms with Crippen LogP contribution >= 0.6 is 0 Å². The first-order chi connectivity index (χ1) is 9.90. The van der Waals surface area contributed by atoms with Crippen molar-refractivity contribution >= 4 is 0 Å². The zero-order valence-corrected chi connectivity index (χ0v) is 14.9. The van der Waals surface area contributed by atoms with Gasteiger partial charge in [0, 0.05) is 31.2 Å². The van der Waals surface area contributed by atoms with Crippen LogP contribution in [0.2, 0.25) is 0 Å². The second-order valence-electron chi connectivity index (χ2n) is 9.17. The maximum atomic E-state index is 3.83. The molecule has 3 fully saturated rings. The van der Waals surface area contributed by atoms with Gasteiger partial charge in [-0.3, -0.25) is 4.90 Å². The summed E-state index contributed by atoms with van der Waals surface area (Å²) in [6.45, 7) is 14.5. The van der Waals surface area contributed by atoms with Gasteiger partial charge in [-0.2, -0.15) is 0 Å². The maximum absolute atomic E-state index is 3.83. The third-order valence-corrected chi connectivity index (χ3v) is 6.91. The van der Waals surface area contributed by atoms with Gasteiger partial charge < -0.3 is 5.32 Å². The lowest BCUT2D eigenvalue weighted by Gasteiger charge is -2.49.